The van der Waals surface area contributed by atoms with Crippen molar-refractivity contribution in [2.75, 3.05) is 13.7 Å². The number of Topliss-reactive ketones (excluding diaryl/α,β-unsaturated/α-hetero) is 1. The third-order valence-corrected chi connectivity index (χ3v) is 8.69. The van der Waals surface area contributed by atoms with Gasteiger partial charge in [0.25, 0.3) is 0 Å². The van der Waals surface area contributed by atoms with Crippen LogP contribution >= 0.6 is 0 Å². The minimum atomic E-state index is -1.11. The molecule has 2 bridgehead atoms. The van der Waals surface area contributed by atoms with E-state index in [9.17, 15) is 19.8 Å². The number of hydrogen-bond donors (Lipinski definition) is 3. The maximum Gasteiger partial charge on any atom is 0.304 e. The van der Waals surface area contributed by atoms with Gasteiger partial charge in [0.2, 0.25) is 0 Å². The van der Waals surface area contributed by atoms with Crippen LogP contribution in [0.4, 0.5) is 0 Å². The SMILES string of the molecule is COc1ccc2c(c1)[C@@]13CC(=O)[C@@H](CC(=O)O)C[C@@]1(O)[C@H](C(C)NCC1CC1)C(C2)C3. The Bertz CT molecular complexity index is 911. The third kappa shape index (κ3) is 3.21. The zero-order valence-corrected chi connectivity index (χ0v) is 18.4. The normalized spacial score (nSPS) is 37.1. The predicted molar refractivity (Wildman–Crippen MR) is 115 cm³/mol. The van der Waals surface area contributed by atoms with Gasteiger partial charge in [-0.3, -0.25) is 9.59 Å². The number of carbonyl (C=O) groups is 2. The molecule has 0 radical (unpaired) electrons. The van der Waals surface area contributed by atoms with E-state index in [1.54, 1.807) is 7.11 Å². The van der Waals surface area contributed by atoms with Gasteiger partial charge in [0, 0.05) is 29.7 Å². The molecule has 1 aromatic carbocycles. The van der Waals surface area contributed by atoms with E-state index in [1.165, 1.54) is 18.4 Å². The van der Waals surface area contributed by atoms with Gasteiger partial charge in [0.15, 0.2) is 0 Å². The number of carbonyl (C=O) groups excluding carboxylic acids is 1. The van der Waals surface area contributed by atoms with Crippen molar-refractivity contribution < 1.29 is 24.5 Å². The van der Waals surface area contributed by atoms with Crippen LogP contribution < -0.4 is 10.1 Å². The molecule has 0 aliphatic heterocycles. The Morgan fingerprint density at radius 2 is 2.10 bits per heavy atom. The topological polar surface area (TPSA) is 95.9 Å². The Morgan fingerprint density at radius 1 is 1.32 bits per heavy atom. The summed E-state index contributed by atoms with van der Waals surface area (Å²) in [7, 11) is 1.63. The first kappa shape index (κ1) is 21.0. The van der Waals surface area contributed by atoms with Gasteiger partial charge in [-0.2, -0.15) is 0 Å². The smallest absolute Gasteiger partial charge is 0.304 e. The van der Waals surface area contributed by atoms with Crippen molar-refractivity contribution in [2.45, 2.75) is 68.9 Å². The fourth-order valence-electron chi connectivity index (χ4n) is 7.19. The summed E-state index contributed by atoms with van der Waals surface area (Å²) in [6.45, 7) is 3.12. The van der Waals surface area contributed by atoms with Crippen molar-refractivity contribution in [3.63, 3.8) is 0 Å². The van der Waals surface area contributed by atoms with E-state index in [-0.39, 0.29) is 42.9 Å². The van der Waals surface area contributed by atoms with Crippen molar-refractivity contribution in [1.82, 2.24) is 5.32 Å². The Labute approximate surface area is 183 Å². The van der Waals surface area contributed by atoms with Crippen molar-refractivity contribution in [2.24, 2.45) is 23.7 Å². The maximum atomic E-state index is 13.2. The predicted octanol–water partition coefficient (Wildman–Crippen LogP) is 2.70. The molecule has 3 N–H and O–H groups in total. The van der Waals surface area contributed by atoms with Crippen LogP contribution in [0.1, 0.15) is 56.6 Å². The van der Waals surface area contributed by atoms with Crippen LogP contribution in [0.2, 0.25) is 0 Å². The van der Waals surface area contributed by atoms with Crippen molar-refractivity contribution in [3.05, 3.63) is 29.3 Å². The average Bonchev–Trinajstić information content (AvgIpc) is 3.51. The van der Waals surface area contributed by atoms with Gasteiger partial charge in [-0.15, -0.1) is 0 Å². The average molecular weight is 428 g/mol. The summed E-state index contributed by atoms with van der Waals surface area (Å²) in [4.78, 5) is 24.6. The molecule has 3 saturated carbocycles. The molecule has 5 rings (SSSR count). The summed E-state index contributed by atoms with van der Waals surface area (Å²) in [6, 6.07) is 6.15. The highest BCUT2D eigenvalue weighted by atomic mass is 16.5. The number of aliphatic hydroxyl groups is 1. The highest BCUT2D eigenvalue weighted by Gasteiger charge is 2.70. The number of nitrogens with one attached hydrogen (secondary N) is 1. The zero-order chi connectivity index (χ0) is 22.0. The van der Waals surface area contributed by atoms with Crippen LogP contribution in [0.3, 0.4) is 0 Å². The second-order valence-corrected chi connectivity index (χ2v) is 10.5. The van der Waals surface area contributed by atoms with Gasteiger partial charge in [-0.1, -0.05) is 6.07 Å². The molecule has 0 aromatic heterocycles. The molecule has 4 aliphatic carbocycles. The summed E-state index contributed by atoms with van der Waals surface area (Å²) in [5.41, 5.74) is 0.451. The summed E-state index contributed by atoms with van der Waals surface area (Å²) in [5, 5.41) is 25.5. The molecule has 6 atom stereocenters. The van der Waals surface area contributed by atoms with Crippen LogP contribution in [-0.4, -0.2) is 47.3 Å². The zero-order valence-electron chi connectivity index (χ0n) is 18.4. The molecule has 0 saturated heterocycles. The number of ether oxygens (including phenoxy) is 1. The number of carboxylic acid groups (broad SMARTS) is 1. The van der Waals surface area contributed by atoms with E-state index in [2.05, 4.69) is 18.3 Å². The van der Waals surface area contributed by atoms with Crippen molar-refractivity contribution in [3.8, 4) is 5.75 Å². The fraction of sp³-hybridized carbons (Fsp3) is 0.680. The molecule has 6 nitrogen and oxygen atoms in total. The summed E-state index contributed by atoms with van der Waals surface area (Å²) in [6.07, 6.45) is 4.42. The Morgan fingerprint density at radius 3 is 2.77 bits per heavy atom. The van der Waals surface area contributed by atoms with Gasteiger partial charge >= 0.3 is 5.97 Å². The van der Waals surface area contributed by atoms with Crippen molar-refractivity contribution >= 4 is 11.8 Å². The lowest BCUT2D eigenvalue weighted by Gasteiger charge is -2.51. The summed E-state index contributed by atoms with van der Waals surface area (Å²) >= 11 is 0. The maximum absolute atomic E-state index is 13.2. The molecule has 168 valence electrons. The molecular formula is C25H33NO5. The standard InChI is InChI=1S/C25H33NO5/c1-14(26-13-15-3-4-15)23-18-7-16-5-6-19(31-2)9-20(16)24(10-18)12-21(27)17(8-22(28)29)11-25(23,24)30/h5-6,9,14-15,17-18,23,26,30H,3-4,7-8,10-13H2,1-2H3,(H,28,29)/t14?,17-,18?,23+,24+,25+/m0/s1. The van der Waals surface area contributed by atoms with Crippen molar-refractivity contribution in [1.29, 1.82) is 0 Å². The van der Waals surface area contributed by atoms with Crippen LogP contribution in [0.15, 0.2) is 18.2 Å². The number of methoxy groups -OCH3 is 1. The second-order valence-electron chi connectivity index (χ2n) is 10.5. The van der Waals surface area contributed by atoms with Gasteiger partial charge < -0.3 is 20.3 Å². The second kappa shape index (κ2) is 7.31. The van der Waals surface area contributed by atoms with E-state index in [0.29, 0.717) is 0 Å². The minimum absolute atomic E-state index is 0.0194. The largest absolute Gasteiger partial charge is 0.497 e. The van der Waals surface area contributed by atoms with E-state index in [4.69, 9.17) is 4.74 Å². The number of ketones is 1. The third-order valence-electron chi connectivity index (χ3n) is 8.69. The summed E-state index contributed by atoms with van der Waals surface area (Å²) in [5.74, 6) is 0.0918. The van der Waals surface area contributed by atoms with Gasteiger partial charge in [0.05, 0.1) is 19.1 Å². The molecule has 2 unspecified atom stereocenters. The van der Waals surface area contributed by atoms with E-state index < -0.39 is 22.9 Å². The minimum Gasteiger partial charge on any atom is -0.497 e. The quantitative estimate of drug-likeness (QED) is 0.619. The monoisotopic (exact) mass is 427 g/mol. The first-order valence-corrected chi connectivity index (χ1v) is 11.6. The van der Waals surface area contributed by atoms with Crippen LogP contribution in [0.5, 0.6) is 5.75 Å². The first-order chi connectivity index (χ1) is 14.8. The molecule has 4 aliphatic rings. The van der Waals surface area contributed by atoms with Gasteiger partial charge in [-0.05, 0) is 80.7 Å². The molecule has 6 heteroatoms. The first-order valence-electron chi connectivity index (χ1n) is 11.6. The molecule has 1 aromatic rings. The Kier molecular flexibility index (Phi) is 4.94. The lowest BCUT2D eigenvalue weighted by Crippen LogP contribution is -2.61. The Balaban J connectivity index is 1.58. The molecule has 1 spiro atoms. The fourth-order valence-corrected chi connectivity index (χ4v) is 7.19. The molecule has 31 heavy (non-hydrogen) atoms. The van der Waals surface area contributed by atoms with Gasteiger partial charge in [-0.25, -0.2) is 0 Å². The lowest BCUT2D eigenvalue weighted by atomic mass is 9.55. The Hall–Kier alpha value is -1.92. The molecular weight excluding hydrogens is 394 g/mol. The molecule has 0 amide bonds. The summed E-state index contributed by atoms with van der Waals surface area (Å²) < 4.78 is 5.49. The van der Waals surface area contributed by atoms with E-state index >= 15 is 0 Å². The lowest BCUT2D eigenvalue weighted by molar-refractivity contribution is -0.153. The van der Waals surface area contributed by atoms with Crippen LogP contribution in [-0.2, 0) is 21.4 Å². The highest BCUT2D eigenvalue weighted by molar-refractivity contribution is 5.88. The van der Waals surface area contributed by atoms with E-state index in [1.807, 2.05) is 12.1 Å². The number of benzene rings is 1. The van der Waals surface area contributed by atoms with Crippen LogP contribution in [0.25, 0.3) is 0 Å². The van der Waals surface area contributed by atoms with E-state index in [0.717, 1.165) is 36.6 Å². The van der Waals surface area contributed by atoms with Gasteiger partial charge in [0.1, 0.15) is 11.5 Å². The number of fused-ring (bicyclic) bond motifs is 2. The number of hydrogen-bond acceptors (Lipinski definition) is 5. The molecule has 0 heterocycles. The number of carboxylic acids is 1. The van der Waals surface area contributed by atoms with Crippen LogP contribution in [0, 0.1) is 23.7 Å². The number of rotatable bonds is 7. The highest BCUT2D eigenvalue weighted by Crippen LogP contribution is 2.66. The molecule has 3 fully saturated rings. The number of aliphatic carboxylic acids is 1.